The third-order valence-electron chi connectivity index (χ3n) is 1.37. The molecule has 0 atom stereocenters. The van der Waals surface area contributed by atoms with Gasteiger partial charge >= 0.3 is 0 Å². The van der Waals surface area contributed by atoms with Gasteiger partial charge in [0.2, 0.25) is 0 Å². The van der Waals surface area contributed by atoms with Crippen molar-refractivity contribution in [2.24, 2.45) is 0 Å². The summed E-state index contributed by atoms with van der Waals surface area (Å²) < 4.78 is 29.6. The third-order valence-corrected chi connectivity index (χ3v) is 2.90. The van der Waals surface area contributed by atoms with E-state index in [1.165, 1.54) is 12.1 Å². The highest BCUT2D eigenvalue weighted by molar-refractivity contribution is 7.85. The lowest BCUT2D eigenvalue weighted by atomic mass is 10.2. The Morgan fingerprint density at radius 1 is 1.31 bits per heavy atom. The molecular formula is C7H6Cl2O3S. The Bertz CT molecular complexity index is 414. The minimum atomic E-state index is -4.06. The first kappa shape index (κ1) is 10.8. The Hall–Kier alpha value is -0.290. The highest BCUT2D eigenvalue weighted by Gasteiger charge is 2.11. The largest absolute Gasteiger partial charge is 0.285 e. The standard InChI is InChI=1S/C7H6Cl2O3S/c8-6-3-1-2-5(7(6)9)4-13(10,11)12/h1-3H,4H2,(H,10,11,12). The summed E-state index contributed by atoms with van der Waals surface area (Å²) in [4.78, 5) is 0. The van der Waals surface area contributed by atoms with Gasteiger partial charge < -0.3 is 0 Å². The van der Waals surface area contributed by atoms with Gasteiger partial charge in [-0.2, -0.15) is 8.42 Å². The van der Waals surface area contributed by atoms with Crippen molar-refractivity contribution in [1.29, 1.82) is 0 Å². The molecule has 0 unspecified atom stereocenters. The molecule has 1 rings (SSSR count). The fourth-order valence-electron chi connectivity index (χ4n) is 0.856. The average molecular weight is 241 g/mol. The third kappa shape index (κ3) is 3.15. The monoisotopic (exact) mass is 240 g/mol. The molecule has 1 aromatic rings. The summed E-state index contributed by atoms with van der Waals surface area (Å²) in [7, 11) is -4.06. The van der Waals surface area contributed by atoms with Crippen LogP contribution >= 0.6 is 23.2 Å². The number of hydrogen-bond acceptors (Lipinski definition) is 2. The summed E-state index contributed by atoms with van der Waals surface area (Å²) in [5, 5.41) is 0.421. The predicted octanol–water partition coefficient (Wildman–Crippen LogP) is 2.38. The number of benzene rings is 1. The van der Waals surface area contributed by atoms with Crippen LogP contribution in [0.2, 0.25) is 10.0 Å². The fraction of sp³-hybridized carbons (Fsp3) is 0.143. The maximum absolute atomic E-state index is 10.5. The van der Waals surface area contributed by atoms with Crippen LogP contribution in [-0.4, -0.2) is 13.0 Å². The first-order valence-electron chi connectivity index (χ1n) is 3.28. The Kier molecular flexibility index (Phi) is 3.18. The van der Waals surface area contributed by atoms with Crippen LogP contribution in [0, 0.1) is 0 Å². The molecule has 0 heterocycles. The summed E-state index contributed by atoms with van der Waals surface area (Å²) in [6.07, 6.45) is 0. The van der Waals surface area contributed by atoms with Crippen molar-refractivity contribution in [2.45, 2.75) is 5.75 Å². The molecule has 0 aliphatic rings. The molecule has 6 heteroatoms. The van der Waals surface area contributed by atoms with Gasteiger partial charge in [0.25, 0.3) is 10.1 Å². The van der Waals surface area contributed by atoms with Crippen LogP contribution in [0.4, 0.5) is 0 Å². The van der Waals surface area contributed by atoms with E-state index in [0.29, 0.717) is 0 Å². The van der Waals surface area contributed by atoms with Crippen molar-refractivity contribution < 1.29 is 13.0 Å². The molecule has 0 saturated carbocycles. The van der Waals surface area contributed by atoms with Gasteiger partial charge in [-0.3, -0.25) is 4.55 Å². The van der Waals surface area contributed by atoms with Crippen LogP contribution in [0.15, 0.2) is 18.2 Å². The van der Waals surface area contributed by atoms with Crippen molar-refractivity contribution >= 4 is 33.3 Å². The van der Waals surface area contributed by atoms with E-state index in [1.54, 1.807) is 6.07 Å². The predicted molar refractivity (Wildman–Crippen MR) is 51.7 cm³/mol. The maximum atomic E-state index is 10.5. The molecule has 1 N–H and O–H groups in total. The van der Waals surface area contributed by atoms with Gasteiger partial charge in [0, 0.05) is 0 Å². The highest BCUT2D eigenvalue weighted by Crippen LogP contribution is 2.26. The second-order valence-corrected chi connectivity index (χ2v) is 4.68. The van der Waals surface area contributed by atoms with Gasteiger partial charge in [-0.15, -0.1) is 0 Å². The molecule has 0 aliphatic heterocycles. The van der Waals surface area contributed by atoms with E-state index in [-0.39, 0.29) is 15.6 Å². The van der Waals surface area contributed by atoms with E-state index >= 15 is 0 Å². The zero-order chi connectivity index (χ0) is 10.1. The van der Waals surface area contributed by atoms with Crippen molar-refractivity contribution in [3.05, 3.63) is 33.8 Å². The first-order chi connectivity index (χ1) is 5.90. The summed E-state index contributed by atoms with van der Waals surface area (Å²) in [6.45, 7) is 0. The maximum Gasteiger partial charge on any atom is 0.269 e. The van der Waals surface area contributed by atoms with Gasteiger partial charge in [-0.25, -0.2) is 0 Å². The number of hydrogen-bond donors (Lipinski definition) is 1. The van der Waals surface area contributed by atoms with E-state index in [2.05, 4.69) is 0 Å². The van der Waals surface area contributed by atoms with Gasteiger partial charge in [0.1, 0.15) is 5.75 Å². The molecule has 0 bridgehead atoms. The molecular weight excluding hydrogens is 235 g/mol. The minimum absolute atomic E-state index is 0.154. The van der Waals surface area contributed by atoms with E-state index in [0.717, 1.165) is 0 Å². The lowest BCUT2D eigenvalue weighted by molar-refractivity contribution is 0.482. The SMILES string of the molecule is O=S(=O)(O)Cc1cccc(Cl)c1Cl. The smallest absolute Gasteiger partial charge is 0.269 e. The molecule has 0 aromatic heterocycles. The first-order valence-corrected chi connectivity index (χ1v) is 5.65. The summed E-state index contributed by atoms with van der Waals surface area (Å²) in [6, 6.07) is 4.59. The quantitative estimate of drug-likeness (QED) is 0.808. The van der Waals surface area contributed by atoms with Crippen molar-refractivity contribution in [3.63, 3.8) is 0 Å². The molecule has 1 aromatic carbocycles. The molecule has 0 spiro atoms. The number of halogens is 2. The molecule has 0 amide bonds. The van der Waals surface area contributed by atoms with E-state index in [1.807, 2.05) is 0 Å². The second-order valence-electron chi connectivity index (χ2n) is 2.44. The summed E-state index contributed by atoms with van der Waals surface area (Å²) in [5.41, 5.74) is 0.289. The fourth-order valence-corrected chi connectivity index (χ4v) is 1.96. The average Bonchev–Trinajstić information content (AvgIpc) is 1.96. The van der Waals surface area contributed by atoms with Crippen LogP contribution in [0.25, 0.3) is 0 Å². The molecule has 0 saturated heterocycles. The zero-order valence-corrected chi connectivity index (χ0v) is 8.70. The lowest BCUT2D eigenvalue weighted by Gasteiger charge is -2.02. The molecule has 3 nitrogen and oxygen atoms in total. The van der Waals surface area contributed by atoms with Crippen molar-refractivity contribution in [2.75, 3.05) is 0 Å². The molecule has 13 heavy (non-hydrogen) atoms. The van der Waals surface area contributed by atoms with Crippen LogP contribution in [0.5, 0.6) is 0 Å². The normalized spacial score (nSPS) is 11.6. The van der Waals surface area contributed by atoms with Crippen LogP contribution in [-0.2, 0) is 15.9 Å². The highest BCUT2D eigenvalue weighted by atomic mass is 35.5. The Morgan fingerprint density at radius 2 is 1.92 bits per heavy atom. The molecule has 0 fully saturated rings. The van der Waals surface area contributed by atoms with Gasteiger partial charge in [-0.1, -0.05) is 35.3 Å². The molecule has 0 radical (unpaired) electrons. The summed E-state index contributed by atoms with van der Waals surface area (Å²) in [5.74, 6) is -0.521. The zero-order valence-electron chi connectivity index (χ0n) is 6.37. The number of rotatable bonds is 2. The van der Waals surface area contributed by atoms with Crippen molar-refractivity contribution in [1.82, 2.24) is 0 Å². The molecule has 0 aliphatic carbocycles. The van der Waals surface area contributed by atoms with Crippen molar-refractivity contribution in [3.8, 4) is 0 Å². The lowest BCUT2D eigenvalue weighted by Crippen LogP contribution is -2.02. The van der Waals surface area contributed by atoms with Crippen LogP contribution in [0.1, 0.15) is 5.56 Å². The van der Waals surface area contributed by atoms with E-state index in [9.17, 15) is 8.42 Å². The Balaban J connectivity index is 3.10. The van der Waals surface area contributed by atoms with Gasteiger partial charge in [0.05, 0.1) is 10.0 Å². The Labute approximate surface area is 86.0 Å². The van der Waals surface area contributed by atoms with E-state index < -0.39 is 15.9 Å². The van der Waals surface area contributed by atoms with E-state index in [4.69, 9.17) is 27.8 Å². The summed E-state index contributed by atoms with van der Waals surface area (Å²) >= 11 is 11.3. The topological polar surface area (TPSA) is 54.4 Å². The van der Waals surface area contributed by atoms with Gasteiger partial charge in [-0.05, 0) is 11.6 Å². The van der Waals surface area contributed by atoms with Crippen LogP contribution < -0.4 is 0 Å². The minimum Gasteiger partial charge on any atom is -0.285 e. The van der Waals surface area contributed by atoms with Crippen LogP contribution in [0.3, 0.4) is 0 Å². The Morgan fingerprint density at radius 3 is 2.46 bits per heavy atom. The van der Waals surface area contributed by atoms with Gasteiger partial charge in [0.15, 0.2) is 0 Å². The second kappa shape index (κ2) is 3.84. The molecule has 72 valence electrons.